The van der Waals surface area contributed by atoms with Gasteiger partial charge in [-0.2, -0.15) is 0 Å². The van der Waals surface area contributed by atoms with Gasteiger partial charge >= 0.3 is 0 Å². The van der Waals surface area contributed by atoms with Gasteiger partial charge in [0.25, 0.3) is 0 Å². The van der Waals surface area contributed by atoms with Crippen molar-refractivity contribution >= 4 is 5.91 Å². The number of furan rings is 1. The quantitative estimate of drug-likeness (QED) is 0.713. The van der Waals surface area contributed by atoms with Crippen LogP contribution >= 0.6 is 0 Å². The van der Waals surface area contributed by atoms with Crippen LogP contribution in [0.15, 0.2) is 77.7 Å². The molecule has 126 valence electrons. The topological polar surface area (TPSA) is 46.3 Å². The highest BCUT2D eigenvalue weighted by atomic mass is 16.3. The van der Waals surface area contributed by atoms with Crippen LogP contribution in [0.3, 0.4) is 0 Å². The van der Waals surface area contributed by atoms with Crippen molar-refractivity contribution in [3.05, 3.63) is 90.1 Å². The molecular formula is C21H20N2O2. The molecule has 0 radical (unpaired) electrons. The summed E-state index contributed by atoms with van der Waals surface area (Å²) >= 11 is 0. The molecule has 1 fully saturated rings. The van der Waals surface area contributed by atoms with Gasteiger partial charge in [0.2, 0.25) is 5.91 Å². The van der Waals surface area contributed by atoms with Crippen LogP contribution < -0.4 is 0 Å². The van der Waals surface area contributed by atoms with Gasteiger partial charge < -0.3 is 9.32 Å². The standard InChI is InChI=1S/C21H20N2O2/c24-21(23-14-18(15-23)17-8-4-10-22-13-17)12-19(20-9-5-11-25-20)16-6-2-1-3-7-16/h1-11,13,18-19H,12,14-15H2/t19-/m1/s1. The lowest BCUT2D eigenvalue weighted by molar-refractivity contribution is -0.135. The van der Waals surface area contributed by atoms with Crippen LogP contribution in [0.1, 0.15) is 35.1 Å². The van der Waals surface area contributed by atoms with E-state index in [1.54, 1.807) is 12.5 Å². The van der Waals surface area contributed by atoms with Gasteiger partial charge in [0, 0.05) is 37.8 Å². The summed E-state index contributed by atoms with van der Waals surface area (Å²) in [6, 6.07) is 17.9. The lowest BCUT2D eigenvalue weighted by Crippen LogP contribution is -2.48. The zero-order chi connectivity index (χ0) is 17.1. The third-order valence-corrected chi connectivity index (χ3v) is 4.86. The van der Waals surface area contributed by atoms with Crippen molar-refractivity contribution in [2.75, 3.05) is 13.1 Å². The Morgan fingerprint density at radius 2 is 1.96 bits per heavy atom. The van der Waals surface area contributed by atoms with E-state index in [4.69, 9.17) is 4.42 Å². The molecule has 4 nitrogen and oxygen atoms in total. The van der Waals surface area contributed by atoms with E-state index in [0.29, 0.717) is 12.3 Å². The maximum Gasteiger partial charge on any atom is 0.223 e. The highest BCUT2D eigenvalue weighted by Crippen LogP contribution is 2.32. The third kappa shape index (κ3) is 3.33. The Kier molecular flexibility index (Phi) is 4.34. The number of carbonyl (C=O) groups is 1. The monoisotopic (exact) mass is 332 g/mol. The Morgan fingerprint density at radius 1 is 1.12 bits per heavy atom. The smallest absolute Gasteiger partial charge is 0.223 e. The second kappa shape index (κ2) is 6.93. The number of rotatable bonds is 5. The van der Waals surface area contributed by atoms with Gasteiger partial charge in [-0.05, 0) is 29.3 Å². The molecule has 3 aromatic rings. The molecule has 1 saturated heterocycles. The number of hydrogen-bond donors (Lipinski definition) is 0. The van der Waals surface area contributed by atoms with Crippen LogP contribution in [-0.2, 0) is 4.79 Å². The van der Waals surface area contributed by atoms with Crippen molar-refractivity contribution < 1.29 is 9.21 Å². The summed E-state index contributed by atoms with van der Waals surface area (Å²) in [5.74, 6) is 1.37. The summed E-state index contributed by atoms with van der Waals surface area (Å²) in [5.41, 5.74) is 2.31. The number of pyridine rings is 1. The first-order valence-corrected chi connectivity index (χ1v) is 8.57. The van der Waals surface area contributed by atoms with Crippen molar-refractivity contribution in [2.45, 2.75) is 18.3 Å². The average molecular weight is 332 g/mol. The number of carbonyl (C=O) groups excluding carboxylic acids is 1. The highest BCUT2D eigenvalue weighted by molar-refractivity contribution is 5.78. The van der Waals surface area contributed by atoms with E-state index in [1.165, 1.54) is 5.56 Å². The first kappa shape index (κ1) is 15.6. The summed E-state index contributed by atoms with van der Waals surface area (Å²) in [6.45, 7) is 1.54. The van der Waals surface area contributed by atoms with Crippen molar-refractivity contribution in [3.63, 3.8) is 0 Å². The average Bonchev–Trinajstić information content (AvgIpc) is 3.14. The zero-order valence-electron chi connectivity index (χ0n) is 13.9. The molecule has 4 heteroatoms. The summed E-state index contributed by atoms with van der Waals surface area (Å²) in [4.78, 5) is 18.8. The van der Waals surface area contributed by atoms with Gasteiger partial charge in [-0.3, -0.25) is 9.78 Å². The van der Waals surface area contributed by atoms with E-state index in [-0.39, 0.29) is 11.8 Å². The molecular weight excluding hydrogens is 312 g/mol. The normalized spacial score (nSPS) is 15.6. The molecule has 0 unspecified atom stereocenters. The molecule has 1 aliphatic rings. The minimum Gasteiger partial charge on any atom is -0.469 e. The Balaban J connectivity index is 1.44. The molecule has 25 heavy (non-hydrogen) atoms. The van der Waals surface area contributed by atoms with E-state index >= 15 is 0 Å². The fourth-order valence-electron chi connectivity index (χ4n) is 3.37. The Labute approximate surface area is 147 Å². The van der Waals surface area contributed by atoms with E-state index in [9.17, 15) is 4.79 Å². The van der Waals surface area contributed by atoms with Crippen LogP contribution in [0, 0.1) is 0 Å². The molecule has 1 aromatic carbocycles. The maximum absolute atomic E-state index is 12.7. The Bertz CT molecular complexity index is 810. The molecule has 0 bridgehead atoms. The van der Waals surface area contributed by atoms with Crippen LogP contribution in [-0.4, -0.2) is 28.9 Å². The number of likely N-dealkylation sites (tertiary alicyclic amines) is 1. The van der Waals surface area contributed by atoms with Gasteiger partial charge in [-0.15, -0.1) is 0 Å². The predicted octanol–water partition coefficient (Wildman–Crippen LogP) is 3.82. The Morgan fingerprint density at radius 3 is 2.64 bits per heavy atom. The fraction of sp³-hybridized carbons (Fsp3) is 0.238. The molecule has 1 amide bonds. The molecule has 4 rings (SSSR count). The summed E-state index contributed by atoms with van der Waals surface area (Å²) in [7, 11) is 0. The molecule has 2 aromatic heterocycles. The van der Waals surface area contributed by atoms with Crippen LogP contribution in [0.5, 0.6) is 0 Å². The number of amides is 1. The minimum atomic E-state index is -0.0406. The van der Waals surface area contributed by atoms with Crippen molar-refractivity contribution in [1.82, 2.24) is 9.88 Å². The van der Waals surface area contributed by atoms with E-state index in [0.717, 1.165) is 24.4 Å². The first-order valence-electron chi connectivity index (χ1n) is 8.57. The Hall–Kier alpha value is -2.88. The summed E-state index contributed by atoms with van der Waals surface area (Å²) < 4.78 is 5.59. The van der Waals surface area contributed by atoms with E-state index in [1.807, 2.05) is 47.5 Å². The SMILES string of the molecule is O=C(C[C@H](c1ccccc1)c1ccco1)N1CC(c2cccnc2)C1. The molecule has 1 atom stereocenters. The fourth-order valence-corrected chi connectivity index (χ4v) is 3.37. The number of nitrogens with zero attached hydrogens (tertiary/aromatic N) is 2. The molecule has 0 spiro atoms. The summed E-state index contributed by atoms with van der Waals surface area (Å²) in [6.07, 6.45) is 5.76. The maximum atomic E-state index is 12.7. The highest BCUT2D eigenvalue weighted by Gasteiger charge is 2.33. The van der Waals surface area contributed by atoms with Gasteiger partial charge in [-0.1, -0.05) is 36.4 Å². The van der Waals surface area contributed by atoms with Gasteiger partial charge in [0.1, 0.15) is 5.76 Å². The van der Waals surface area contributed by atoms with Crippen molar-refractivity contribution in [3.8, 4) is 0 Å². The second-order valence-electron chi connectivity index (χ2n) is 6.46. The minimum absolute atomic E-state index is 0.0406. The molecule has 3 heterocycles. The second-order valence-corrected chi connectivity index (χ2v) is 6.46. The molecule has 0 aliphatic carbocycles. The number of benzene rings is 1. The van der Waals surface area contributed by atoms with E-state index in [2.05, 4.69) is 23.2 Å². The predicted molar refractivity (Wildman–Crippen MR) is 95.2 cm³/mol. The third-order valence-electron chi connectivity index (χ3n) is 4.86. The van der Waals surface area contributed by atoms with Gasteiger partial charge in [0.05, 0.1) is 12.2 Å². The van der Waals surface area contributed by atoms with Crippen LogP contribution in [0.25, 0.3) is 0 Å². The first-order chi connectivity index (χ1) is 12.3. The molecule has 0 N–H and O–H groups in total. The molecule has 1 aliphatic heterocycles. The summed E-state index contributed by atoms with van der Waals surface area (Å²) in [5, 5.41) is 0. The van der Waals surface area contributed by atoms with Crippen LogP contribution in [0.2, 0.25) is 0 Å². The number of hydrogen-bond acceptors (Lipinski definition) is 3. The van der Waals surface area contributed by atoms with Gasteiger partial charge in [-0.25, -0.2) is 0 Å². The molecule has 0 saturated carbocycles. The lowest BCUT2D eigenvalue weighted by Gasteiger charge is -2.40. The lowest BCUT2D eigenvalue weighted by atomic mass is 9.89. The van der Waals surface area contributed by atoms with Crippen LogP contribution in [0.4, 0.5) is 0 Å². The van der Waals surface area contributed by atoms with Crippen molar-refractivity contribution in [1.29, 1.82) is 0 Å². The number of aromatic nitrogens is 1. The zero-order valence-corrected chi connectivity index (χ0v) is 13.9. The largest absolute Gasteiger partial charge is 0.469 e. The van der Waals surface area contributed by atoms with E-state index < -0.39 is 0 Å². The van der Waals surface area contributed by atoms with Crippen molar-refractivity contribution in [2.24, 2.45) is 0 Å². The van der Waals surface area contributed by atoms with Gasteiger partial charge in [0.15, 0.2) is 0 Å².